The van der Waals surface area contributed by atoms with Crippen LogP contribution in [0.25, 0.3) is 10.2 Å². The van der Waals surface area contributed by atoms with E-state index in [-0.39, 0.29) is 17.3 Å². The van der Waals surface area contributed by atoms with Crippen LogP contribution in [0.1, 0.15) is 36.0 Å². The number of benzene rings is 1. The molecule has 0 unspecified atom stereocenters. The second kappa shape index (κ2) is 6.81. The van der Waals surface area contributed by atoms with Crippen molar-refractivity contribution >= 4 is 21.6 Å². The zero-order chi connectivity index (χ0) is 18.3. The van der Waals surface area contributed by atoms with Crippen molar-refractivity contribution in [3.05, 3.63) is 61.9 Å². The fraction of sp³-hybridized carbons (Fsp3) is 0.421. The highest BCUT2D eigenvalue weighted by molar-refractivity contribution is 7.18. The number of likely N-dealkylation sites (tertiary alicyclic amines) is 1. The molecule has 1 atom stereocenters. The van der Waals surface area contributed by atoms with Gasteiger partial charge in [-0.1, -0.05) is 18.6 Å². The van der Waals surface area contributed by atoms with E-state index in [2.05, 4.69) is 11.0 Å². The molecule has 4 rings (SSSR count). The largest absolute Gasteiger partial charge is 0.330 e. The Bertz CT molecular complexity index is 1030. The highest BCUT2D eigenvalue weighted by Crippen LogP contribution is 2.36. The van der Waals surface area contributed by atoms with E-state index < -0.39 is 0 Å². The Hall–Kier alpha value is -2.25. The van der Waals surface area contributed by atoms with Crippen LogP contribution < -0.4 is 11.2 Å². The van der Waals surface area contributed by atoms with Gasteiger partial charge in [0.1, 0.15) is 5.01 Å². The van der Waals surface area contributed by atoms with Crippen LogP contribution in [0.3, 0.4) is 0 Å². The van der Waals surface area contributed by atoms with E-state index in [0.717, 1.165) is 40.2 Å². The summed E-state index contributed by atoms with van der Waals surface area (Å²) in [6.45, 7) is 1.53. The maximum atomic E-state index is 12.2. The topological polar surface area (TPSA) is 60.1 Å². The van der Waals surface area contributed by atoms with E-state index in [0.29, 0.717) is 6.54 Å². The Kier molecular flexibility index (Phi) is 4.50. The summed E-state index contributed by atoms with van der Waals surface area (Å²) in [5.74, 6) is 0. The Morgan fingerprint density at radius 3 is 2.77 bits per heavy atom. The summed E-state index contributed by atoms with van der Waals surface area (Å²) in [6, 6.07) is 10.0. The summed E-state index contributed by atoms with van der Waals surface area (Å²) in [5, 5.41) is 1.12. The molecule has 1 fully saturated rings. The summed E-state index contributed by atoms with van der Waals surface area (Å²) in [4.78, 5) is 31.5. The standard InChI is InChI=1S/C19H22N4O2S/c1-21-13(11-17(24)22(2)19(21)25)12-23-10-6-5-8-15(23)18-20-14-7-3-4-9-16(14)26-18/h3-4,7,9,11,15H,5-6,8,10,12H2,1-2H3/t15-/m0/s1. The highest BCUT2D eigenvalue weighted by Gasteiger charge is 2.27. The first-order valence-electron chi connectivity index (χ1n) is 8.90. The molecule has 1 aliphatic rings. The van der Waals surface area contributed by atoms with Crippen LogP contribution in [0.5, 0.6) is 0 Å². The zero-order valence-electron chi connectivity index (χ0n) is 15.0. The average molecular weight is 370 g/mol. The van der Waals surface area contributed by atoms with E-state index in [1.165, 1.54) is 18.2 Å². The molecule has 26 heavy (non-hydrogen) atoms. The maximum absolute atomic E-state index is 12.2. The van der Waals surface area contributed by atoms with Gasteiger partial charge in [-0.2, -0.15) is 0 Å². The number of hydrogen-bond donors (Lipinski definition) is 0. The molecule has 3 heterocycles. The van der Waals surface area contributed by atoms with Gasteiger partial charge in [-0.3, -0.25) is 18.8 Å². The van der Waals surface area contributed by atoms with Gasteiger partial charge in [0.15, 0.2) is 0 Å². The molecule has 0 amide bonds. The van der Waals surface area contributed by atoms with Gasteiger partial charge in [-0.05, 0) is 31.5 Å². The molecular weight excluding hydrogens is 348 g/mol. The minimum absolute atomic E-state index is 0.236. The molecule has 0 radical (unpaired) electrons. The van der Waals surface area contributed by atoms with Gasteiger partial charge in [0.05, 0.1) is 16.3 Å². The number of fused-ring (bicyclic) bond motifs is 1. The minimum atomic E-state index is -0.277. The first-order valence-corrected chi connectivity index (χ1v) is 9.71. The molecule has 1 aliphatic heterocycles. The monoisotopic (exact) mass is 370 g/mol. The molecule has 6 nitrogen and oxygen atoms in total. The van der Waals surface area contributed by atoms with Gasteiger partial charge in [0, 0.05) is 32.4 Å². The Morgan fingerprint density at radius 1 is 1.15 bits per heavy atom. The van der Waals surface area contributed by atoms with Gasteiger partial charge in [0.25, 0.3) is 5.56 Å². The average Bonchev–Trinajstić information content (AvgIpc) is 3.09. The van der Waals surface area contributed by atoms with E-state index in [1.54, 1.807) is 29.0 Å². The lowest BCUT2D eigenvalue weighted by Gasteiger charge is -2.34. The predicted molar refractivity (Wildman–Crippen MR) is 104 cm³/mol. The second-order valence-corrected chi connectivity index (χ2v) is 7.94. The summed E-state index contributed by atoms with van der Waals surface area (Å²) in [6.07, 6.45) is 3.35. The second-order valence-electron chi connectivity index (χ2n) is 6.88. The smallest absolute Gasteiger partial charge is 0.299 e. The molecule has 136 valence electrons. The van der Waals surface area contributed by atoms with Crippen LogP contribution >= 0.6 is 11.3 Å². The number of thiazole rings is 1. The summed E-state index contributed by atoms with van der Waals surface area (Å²) >= 11 is 1.74. The molecule has 0 N–H and O–H groups in total. The number of rotatable bonds is 3. The molecule has 1 aromatic carbocycles. The van der Waals surface area contributed by atoms with Gasteiger partial charge in [-0.25, -0.2) is 9.78 Å². The van der Waals surface area contributed by atoms with Gasteiger partial charge >= 0.3 is 5.69 Å². The maximum Gasteiger partial charge on any atom is 0.330 e. The fourth-order valence-electron chi connectivity index (χ4n) is 3.63. The molecule has 2 aromatic heterocycles. The van der Waals surface area contributed by atoms with Crippen LogP contribution in [-0.2, 0) is 20.6 Å². The number of piperidine rings is 1. The predicted octanol–water partition coefficient (Wildman–Crippen LogP) is 2.42. The lowest BCUT2D eigenvalue weighted by atomic mass is 10.0. The number of para-hydroxylation sites is 1. The van der Waals surface area contributed by atoms with Crippen LogP contribution in [0.2, 0.25) is 0 Å². The number of aromatic nitrogens is 3. The van der Waals surface area contributed by atoms with Crippen molar-refractivity contribution in [2.24, 2.45) is 14.1 Å². The lowest BCUT2D eigenvalue weighted by molar-refractivity contribution is 0.136. The fourth-order valence-corrected chi connectivity index (χ4v) is 4.77. The van der Waals surface area contributed by atoms with Crippen LogP contribution in [0, 0.1) is 0 Å². The first kappa shape index (κ1) is 17.2. The van der Waals surface area contributed by atoms with Crippen molar-refractivity contribution in [3.8, 4) is 0 Å². The van der Waals surface area contributed by atoms with Crippen LogP contribution in [0.15, 0.2) is 39.9 Å². The molecule has 0 saturated carbocycles. The SMILES string of the molecule is Cn1c(CN2CCCC[C@H]2c2nc3ccccc3s2)cc(=O)n(C)c1=O. The van der Waals surface area contributed by atoms with Crippen molar-refractivity contribution in [1.29, 1.82) is 0 Å². The Morgan fingerprint density at radius 2 is 1.96 bits per heavy atom. The minimum Gasteiger partial charge on any atom is -0.299 e. The van der Waals surface area contributed by atoms with Crippen molar-refractivity contribution in [1.82, 2.24) is 19.0 Å². The van der Waals surface area contributed by atoms with E-state index in [9.17, 15) is 9.59 Å². The third-order valence-corrected chi connectivity index (χ3v) is 6.34. The molecule has 0 spiro atoms. The van der Waals surface area contributed by atoms with Crippen molar-refractivity contribution in [3.63, 3.8) is 0 Å². The third-order valence-electron chi connectivity index (χ3n) is 5.20. The quantitative estimate of drug-likeness (QED) is 0.710. The van der Waals surface area contributed by atoms with Crippen LogP contribution in [0.4, 0.5) is 0 Å². The lowest BCUT2D eigenvalue weighted by Crippen LogP contribution is -2.40. The van der Waals surface area contributed by atoms with Gasteiger partial charge in [-0.15, -0.1) is 11.3 Å². The molecule has 0 aliphatic carbocycles. The highest BCUT2D eigenvalue weighted by atomic mass is 32.1. The molecule has 7 heteroatoms. The molecular formula is C19H22N4O2S. The Balaban J connectivity index is 1.68. The van der Waals surface area contributed by atoms with E-state index in [1.807, 2.05) is 18.2 Å². The number of hydrogen-bond acceptors (Lipinski definition) is 5. The molecule has 1 saturated heterocycles. The van der Waals surface area contributed by atoms with Crippen molar-refractivity contribution in [2.45, 2.75) is 31.8 Å². The van der Waals surface area contributed by atoms with E-state index >= 15 is 0 Å². The number of nitrogens with zero attached hydrogens (tertiary/aromatic N) is 4. The Labute approximate surface area is 155 Å². The molecule has 3 aromatic rings. The van der Waals surface area contributed by atoms with Crippen molar-refractivity contribution < 1.29 is 0 Å². The summed E-state index contributed by atoms with van der Waals surface area (Å²) in [5.41, 5.74) is 1.27. The molecule has 0 bridgehead atoms. The normalized spacial score (nSPS) is 18.5. The van der Waals surface area contributed by atoms with Crippen LogP contribution in [-0.4, -0.2) is 25.6 Å². The van der Waals surface area contributed by atoms with Gasteiger partial charge in [0.2, 0.25) is 0 Å². The van der Waals surface area contributed by atoms with E-state index in [4.69, 9.17) is 4.98 Å². The van der Waals surface area contributed by atoms with Crippen molar-refractivity contribution in [2.75, 3.05) is 6.54 Å². The third kappa shape index (κ3) is 3.01. The first-order chi connectivity index (χ1) is 12.5. The summed E-state index contributed by atoms with van der Waals surface area (Å²) in [7, 11) is 3.24. The zero-order valence-corrected chi connectivity index (χ0v) is 15.8. The van der Waals surface area contributed by atoms with Gasteiger partial charge < -0.3 is 0 Å². The summed E-state index contributed by atoms with van der Waals surface area (Å²) < 4.78 is 3.92.